The Morgan fingerprint density at radius 2 is 1.93 bits per heavy atom. The molecule has 0 aromatic rings. The predicted octanol–water partition coefficient (Wildman–Crippen LogP) is 1.94. The van der Waals surface area contributed by atoms with Crippen molar-refractivity contribution in [3.8, 4) is 0 Å². The zero-order valence-corrected chi connectivity index (χ0v) is 10.5. The maximum atomic E-state index is 3.54. The average molecular weight is 261 g/mol. The molecular weight excluding hydrogens is 240 g/mol. The van der Waals surface area contributed by atoms with Crippen LogP contribution in [-0.4, -0.2) is 53.9 Å². The van der Waals surface area contributed by atoms with E-state index >= 15 is 0 Å². The van der Waals surface area contributed by atoms with Crippen molar-refractivity contribution < 1.29 is 0 Å². The molecule has 0 saturated carbocycles. The Hall–Kier alpha value is 0.400. The summed E-state index contributed by atoms with van der Waals surface area (Å²) in [5, 5.41) is 1.12. The van der Waals surface area contributed by atoms with Crippen LogP contribution in [0.25, 0.3) is 0 Å². The van der Waals surface area contributed by atoms with E-state index in [1.807, 2.05) is 0 Å². The van der Waals surface area contributed by atoms with Gasteiger partial charge in [0.2, 0.25) is 0 Å². The molecule has 0 aliphatic carbocycles. The highest BCUT2D eigenvalue weighted by molar-refractivity contribution is 9.09. The molecule has 0 aromatic heterocycles. The lowest BCUT2D eigenvalue weighted by Crippen LogP contribution is -2.44. The van der Waals surface area contributed by atoms with Gasteiger partial charge in [-0.1, -0.05) is 22.4 Å². The van der Waals surface area contributed by atoms with E-state index in [2.05, 4.69) is 25.7 Å². The fourth-order valence-electron chi connectivity index (χ4n) is 2.77. The predicted molar refractivity (Wildman–Crippen MR) is 64.1 cm³/mol. The van der Waals surface area contributed by atoms with E-state index in [1.54, 1.807) is 0 Å². The van der Waals surface area contributed by atoms with Crippen LogP contribution in [0.5, 0.6) is 0 Å². The summed E-state index contributed by atoms with van der Waals surface area (Å²) in [6.45, 7) is 6.53. The number of fused-ring (bicyclic) bond motifs is 1. The molecule has 0 N–H and O–H groups in total. The van der Waals surface area contributed by atoms with E-state index in [9.17, 15) is 0 Å². The van der Waals surface area contributed by atoms with Crippen LogP contribution in [0.15, 0.2) is 0 Å². The Kier molecular flexibility index (Phi) is 4.26. The smallest absolute Gasteiger partial charge is 0.0223 e. The number of halogens is 1. The number of piperidine rings is 1. The minimum atomic E-state index is 0.866. The molecule has 14 heavy (non-hydrogen) atoms. The van der Waals surface area contributed by atoms with Crippen LogP contribution in [-0.2, 0) is 0 Å². The Morgan fingerprint density at radius 3 is 2.79 bits per heavy atom. The first-order valence-corrected chi connectivity index (χ1v) is 7.04. The molecule has 2 saturated heterocycles. The lowest BCUT2D eigenvalue weighted by molar-refractivity contribution is 0.139. The largest absolute Gasteiger partial charge is 0.301 e. The lowest BCUT2D eigenvalue weighted by atomic mass is 10.0. The monoisotopic (exact) mass is 260 g/mol. The van der Waals surface area contributed by atoms with Gasteiger partial charge >= 0.3 is 0 Å². The molecule has 2 aliphatic rings. The number of nitrogens with zero attached hydrogens (tertiary/aromatic N) is 2. The SMILES string of the molecule is BrCCN1CCCN2CCCCC2C1. The maximum absolute atomic E-state index is 3.54. The average Bonchev–Trinajstić information content (AvgIpc) is 2.40. The molecular formula is C11H21BrN2. The van der Waals surface area contributed by atoms with E-state index in [1.165, 1.54) is 58.4 Å². The first kappa shape index (κ1) is 10.9. The van der Waals surface area contributed by atoms with Gasteiger partial charge in [0.1, 0.15) is 0 Å². The highest BCUT2D eigenvalue weighted by Crippen LogP contribution is 2.20. The molecule has 1 unspecified atom stereocenters. The molecule has 2 nitrogen and oxygen atoms in total. The summed E-state index contributed by atoms with van der Waals surface area (Å²) >= 11 is 3.54. The highest BCUT2D eigenvalue weighted by atomic mass is 79.9. The summed E-state index contributed by atoms with van der Waals surface area (Å²) in [7, 11) is 0. The second kappa shape index (κ2) is 5.47. The Bertz CT molecular complexity index is 175. The maximum Gasteiger partial charge on any atom is 0.0223 e. The number of hydrogen-bond acceptors (Lipinski definition) is 2. The third kappa shape index (κ3) is 2.71. The van der Waals surface area contributed by atoms with Crippen molar-refractivity contribution in [3.05, 3.63) is 0 Å². The Morgan fingerprint density at radius 1 is 1.07 bits per heavy atom. The number of rotatable bonds is 2. The summed E-state index contributed by atoms with van der Waals surface area (Å²) in [5.74, 6) is 0. The summed E-state index contributed by atoms with van der Waals surface area (Å²) in [6, 6.07) is 0.866. The fourth-order valence-corrected chi connectivity index (χ4v) is 3.27. The number of hydrogen-bond donors (Lipinski definition) is 0. The van der Waals surface area contributed by atoms with Crippen molar-refractivity contribution in [2.75, 3.05) is 38.1 Å². The number of alkyl halides is 1. The molecule has 0 bridgehead atoms. The van der Waals surface area contributed by atoms with Gasteiger partial charge in [-0.25, -0.2) is 0 Å². The zero-order chi connectivity index (χ0) is 9.80. The van der Waals surface area contributed by atoms with E-state index in [0.717, 1.165) is 11.4 Å². The van der Waals surface area contributed by atoms with Gasteiger partial charge in [0, 0.05) is 24.5 Å². The van der Waals surface area contributed by atoms with Crippen LogP contribution >= 0.6 is 15.9 Å². The lowest BCUT2D eigenvalue weighted by Gasteiger charge is -2.35. The van der Waals surface area contributed by atoms with Crippen molar-refractivity contribution >= 4 is 15.9 Å². The molecule has 1 atom stereocenters. The Labute approximate surface area is 95.8 Å². The fraction of sp³-hybridized carbons (Fsp3) is 1.00. The van der Waals surface area contributed by atoms with Crippen molar-refractivity contribution in [1.82, 2.24) is 9.80 Å². The second-order valence-corrected chi connectivity index (χ2v) is 5.32. The van der Waals surface area contributed by atoms with Crippen LogP contribution in [0.3, 0.4) is 0 Å². The van der Waals surface area contributed by atoms with Crippen LogP contribution in [0.1, 0.15) is 25.7 Å². The second-order valence-electron chi connectivity index (χ2n) is 4.53. The van der Waals surface area contributed by atoms with Gasteiger partial charge < -0.3 is 4.90 Å². The molecule has 82 valence electrons. The van der Waals surface area contributed by atoms with Crippen molar-refractivity contribution in [2.24, 2.45) is 0 Å². The topological polar surface area (TPSA) is 6.48 Å². The summed E-state index contributed by atoms with van der Waals surface area (Å²) in [4.78, 5) is 5.35. The van der Waals surface area contributed by atoms with Crippen LogP contribution in [0.2, 0.25) is 0 Å². The minimum absolute atomic E-state index is 0.866. The van der Waals surface area contributed by atoms with Crippen molar-refractivity contribution in [3.63, 3.8) is 0 Å². The quantitative estimate of drug-likeness (QED) is 0.701. The van der Waals surface area contributed by atoms with Crippen molar-refractivity contribution in [2.45, 2.75) is 31.7 Å². The molecule has 2 heterocycles. The summed E-state index contributed by atoms with van der Waals surface area (Å²) < 4.78 is 0. The standard InChI is InChI=1S/C11H21BrN2/c12-5-9-13-6-3-8-14-7-2-1-4-11(14)10-13/h11H,1-10H2. The van der Waals surface area contributed by atoms with Gasteiger partial charge in [0.25, 0.3) is 0 Å². The first-order chi connectivity index (χ1) is 6.90. The molecule has 0 aromatic carbocycles. The van der Waals surface area contributed by atoms with Gasteiger partial charge in [-0.05, 0) is 38.9 Å². The third-order valence-corrected chi connectivity index (χ3v) is 3.89. The van der Waals surface area contributed by atoms with E-state index < -0.39 is 0 Å². The molecule has 0 spiro atoms. The van der Waals surface area contributed by atoms with Gasteiger partial charge in [0.05, 0.1) is 0 Å². The molecule has 0 amide bonds. The van der Waals surface area contributed by atoms with Crippen LogP contribution in [0.4, 0.5) is 0 Å². The van der Waals surface area contributed by atoms with Crippen LogP contribution in [0, 0.1) is 0 Å². The van der Waals surface area contributed by atoms with E-state index in [0.29, 0.717) is 0 Å². The van der Waals surface area contributed by atoms with Crippen molar-refractivity contribution in [1.29, 1.82) is 0 Å². The van der Waals surface area contributed by atoms with E-state index in [4.69, 9.17) is 0 Å². The van der Waals surface area contributed by atoms with Gasteiger partial charge in [-0.3, -0.25) is 4.90 Å². The van der Waals surface area contributed by atoms with Gasteiger partial charge in [-0.15, -0.1) is 0 Å². The van der Waals surface area contributed by atoms with Gasteiger partial charge in [-0.2, -0.15) is 0 Å². The molecule has 2 rings (SSSR count). The molecule has 0 radical (unpaired) electrons. The minimum Gasteiger partial charge on any atom is -0.301 e. The Balaban J connectivity index is 1.89. The highest BCUT2D eigenvalue weighted by Gasteiger charge is 2.26. The van der Waals surface area contributed by atoms with Crippen LogP contribution < -0.4 is 0 Å². The zero-order valence-electron chi connectivity index (χ0n) is 8.92. The van der Waals surface area contributed by atoms with Gasteiger partial charge in [0.15, 0.2) is 0 Å². The summed E-state index contributed by atoms with van der Waals surface area (Å²) in [5.41, 5.74) is 0. The first-order valence-electron chi connectivity index (χ1n) is 5.92. The summed E-state index contributed by atoms with van der Waals surface area (Å²) in [6.07, 6.45) is 5.67. The molecule has 2 fully saturated rings. The molecule has 2 aliphatic heterocycles. The van der Waals surface area contributed by atoms with E-state index in [-0.39, 0.29) is 0 Å². The normalized spacial score (nSPS) is 31.1. The molecule has 3 heteroatoms. The third-order valence-electron chi connectivity index (χ3n) is 3.54.